The van der Waals surface area contributed by atoms with Gasteiger partial charge in [0.1, 0.15) is 0 Å². The second-order valence-corrected chi connectivity index (χ2v) is 8.17. The van der Waals surface area contributed by atoms with E-state index in [2.05, 4.69) is 15.4 Å². The molecule has 0 radical (unpaired) electrons. The van der Waals surface area contributed by atoms with Crippen LogP contribution < -0.4 is 10.2 Å². The molecule has 3 heterocycles. The zero-order valence-corrected chi connectivity index (χ0v) is 17.3. The molecule has 0 unspecified atom stereocenters. The van der Waals surface area contributed by atoms with Gasteiger partial charge in [-0.1, -0.05) is 53.5 Å². The lowest BCUT2D eigenvalue weighted by Gasteiger charge is -2.32. The van der Waals surface area contributed by atoms with Crippen molar-refractivity contribution in [2.75, 3.05) is 10.2 Å². The van der Waals surface area contributed by atoms with Crippen molar-refractivity contribution in [1.29, 1.82) is 0 Å². The van der Waals surface area contributed by atoms with E-state index in [1.54, 1.807) is 4.68 Å². The number of imide groups is 1. The molecule has 1 N–H and O–H groups in total. The van der Waals surface area contributed by atoms with Crippen LogP contribution >= 0.6 is 23.2 Å². The summed E-state index contributed by atoms with van der Waals surface area (Å²) >= 11 is 12.5. The van der Waals surface area contributed by atoms with E-state index in [-0.39, 0.29) is 42.7 Å². The normalized spacial score (nSPS) is 20.9. The van der Waals surface area contributed by atoms with Crippen LogP contribution in [-0.2, 0) is 9.59 Å². The van der Waals surface area contributed by atoms with Crippen LogP contribution in [0.25, 0.3) is 0 Å². The van der Waals surface area contributed by atoms with Crippen LogP contribution in [0.1, 0.15) is 42.5 Å². The van der Waals surface area contributed by atoms with Gasteiger partial charge in [0, 0.05) is 22.9 Å². The maximum Gasteiger partial charge on any atom is 0.260 e. The number of carbonyl (C=O) groups excluding carboxylic acids is 2. The summed E-state index contributed by atoms with van der Waals surface area (Å²) in [6.07, 6.45) is 1.01. The molecular formula is C21H17Cl2N5O2. The smallest absolute Gasteiger partial charge is 0.260 e. The summed E-state index contributed by atoms with van der Waals surface area (Å²) < 4.78 is 1.71. The first-order valence-corrected chi connectivity index (χ1v) is 10.4. The van der Waals surface area contributed by atoms with Gasteiger partial charge >= 0.3 is 0 Å². The van der Waals surface area contributed by atoms with Gasteiger partial charge in [0.25, 0.3) is 5.95 Å². The molecule has 30 heavy (non-hydrogen) atoms. The molecular weight excluding hydrogens is 425 g/mol. The molecule has 1 fully saturated rings. The Balaban J connectivity index is 1.59. The number of aromatic nitrogens is 3. The van der Waals surface area contributed by atoms with Crippen LogP contribution in [0, 0.1) is 0 Å². The van der Waals surface area contributed by atoms with Crippen molar-refractivity contribution >= 4 is 46.9 Å². The second kappa shape index (κ2) is 7.41. The van der Waals surface area contributed by atoms with E-state index < -0.39 is 0 Å². The van der Waals surface area contributed by atoms with E-state index in [0.717, 1.165) is 16.0 Å². The first-order valence-electron chi connectivity index (χ1n) is 9.60. The van der Waals surface area contributed by atoms with Gasteiger partial charge in [0.05, 0.1) is 12.1 Å². The molecule has 5 rings (SSSR count). The molecule has 2 aromatic carbocycles. The average molecular weight is 442 g/mol. The highest BCUT2D eigenvalue weighted by Crippen LogP contribution is 2.41. The number of nitrogens with one attached hydrogen (secondary N) is 1. The third kappa shape index (κ3) is 3.24. The molecule has 1 aromatic heterocycles. The summed E-state index contributed by atoms with van der Waals surface area (Å²) in [5, 5.41) is 9.18. The van der Waals surface area contributed by atoms with Crippen molar-refractivity contribution in [2.45, 2.75) is 31.3 Å². The van der Waals surface area contributed by atoms with Gasteiger partial charge < -0.3 is 5.32 Å². The molecule has 0 bridgehead atoms. The molecule has 0 aliphatic carbocycles. The fraction of sp³-hybridized carbons (Fsp3) is 0.238. The van der Waals surface area contributed by atoms with Crippen LogP contribution in [0.3, 0.4) is 0 Å². The van der Waals surface area contributed by atoms with Crippen LogP contribution in [0.15, 0.2) is 48.5 Å². The summed E-state index contributed by atoms with van der Waals surface area (Å²) in [6, 6.07) is 14.9. The zero-order valence-electron chi connectivity index (χ0n) is 15.8. The summed E-state index contributed by atoms with van der Waals surface area (Å²) in [5.41, 5.74) is 1.94. The average Bonchev–Trinajstić information content (AvgIpc) is 3.30. The monoisotopic (exact) mass is 441 g/mol. The fourth-order valence-electron chi connectivity index (χ4n) is 3.98. The third-order valence-corrected chi connectivity index (χ3v) is 6.06. The van der Waals surface area contributed by atoms with Crippen molar-refractivity contribution in [3.05, 3.63) is 69.7 Å². The largest absolute Gasteiger partial charge is 0.347 e. The number of anilines is 2. The van der Waals surface area contributed by atoms with Crippen molar-refractivity contribution in [1.82, 2.24) is 14.8 Å². The lowest BCUT2D eigenvalue weighted by molar-refractivity contribution is -0.121. The highest BCUT2D eigenvalue weighted by atomic mass is 35.5. The van der Waals surface area contributed by atoms with Crippen molar-refractivity contribution < 1.29 is 9.59 Å². The fourth-order valence-corrected chi connectivity index (χ4v) is 4.37. The standard InChI is InChI=1S/C21H17Cl2N5O2/c22-13-7-5-12(6-8-13)16-11-17(14-3-1-2-4-15(14)23)28-20(24-16)25-21(26-28)27-18(29)9-10-19(27)30/h1-8,16-17H,9-11H2,(H,24,25,26)/t16-,17-/m1/s1. The Hall–Kier alpha value is -2.90. The molecule has 2 amide bonds. The van der Waals surface area contributed by atoms with Crippen LogP contribution in [0.4, 0.5) is 11.9 Å². The predicted octanol–water partition coefficient (Wildman–Crippen LogP) is 4.38. The number of halogens is 2. The van der Waals surface area contributed by atoms with Gasteiger partial charge in [-0.25, -0.2) is 9.58 Å². The Morgan fingerprint density at radius 3 is 2.37 bits per heavy atom. The number of carbonyl (C=O) groups is 2. The van der Waals surface area contributed by atoms with Crippen LogP contribution in [0.5, 0.6) is 0 Å². The van der Waals surface area contributed by atoms with Gasteiger partial charge in [0.15, 0.2) is 0 Å². The quantitative estimate of drug-likeness (QED) is 0.609. The van der Waals surface area contributed by atoms with Crippen molar-refractivity contribution in [3.63, 3.8) is 0 Å². The summed E-state index contributed by atoms with van der Waals surface area (Å²) in [6.45, 7) is 0. The van der Waals surface area contributed by atoms with E-state index in [0.29, 0.717) is 22.4 Å². The van der Waals surface area contributed by atoms with Gasteiger partial charge in [-0.3, -0.25) is 9.59 Å². The molecule has 152 valence electrons. The van der Waals surface area contributed by atoms with Crippen LogP contribution in [0.2, 0.25) is 10.0 Å². The number of rotatable bonds is 3. The Bertz CT molecular complexity index is 1130. The highest BCUT2D eigenvalue weighted by molar-refractivity contribution is 6.31. The SMILES string of the molecule is O=C1CCC(=O)N1c1nc2n(n1)[C@@H](c1ccccc1Cl)C[C@H](c1ccc(Cl)cc1)N2. The van der Waals surface area contributed by atoms with E-state index in [1.807, 2.05) is 48.5 Å². The Labute approximate surface area is 182 Å². The number of hydrogen-bond donors (Lipinski definition) is 1. The van der Waals surface area contributed by atoms with E-state index in [1.165, 1.54) is 0 Å². The Kier molecular flexibility index (Phi) is 4.72. The Morgan fingerprint density at radius 1 is 0.967 bits per heavy atom. The van der Waals surface area contributed by atoms with Gasteiger partial charge in [-0.05, 0) is 35.7 Å². The molecule has 0 spiro atoms. The van der Waals surface area contributed by atoms with Crippen LogP contribution in [-0.4, -0.2) is 26.6 Å². The third-order valence-electron chi connectivity index (χ3n) is 5.47. The minimum absolute atomic E-state index is 0.0712. The number of benzene rings is 2. The summed E-state index contributed by atoms with van der Waals surface area (Å²) in [4.78, 5) is 29.9. The molecule has 2 aliphatic rings. The van der Waals surface area contributed by atoms with E-state index in [9.17, 15) is 9.59 Å². The number of hydrogen-bond acceptors (Lipinski definition) is 5. The van der Waals surface area contributed by atoms with Crippen molar-refractivity contribution in [2.24, 2.45) is 0 Å². The first-order chi connectivity index (χ1) is 14.5. The molecule has 7 nitrogen and oxygen atoms in total. The lowest BCUT2D eigenvalue weighted by atomic mass is 9.93. The Morgan fingerprint density at radius 2 is 1.67 bits per heavy atom. The number of fused-ring (bicyclic) bond motifs is 1. The maximum atomic E-state index is 12.2. The highest BCUT2D eigenvalue weighted by Gasteiger charge is 2.37. The molecule has 9 heteroatoms. The maximum absolute atomic E-state index is 12.2. The van der Waals surface area contributed by atoms with Gasteiger partial charge in [0.2, 0.25) is 17.8 Å². The van der Waals surface area contributed by atoms with Gasteiger partial charge in [-0.2, -0.15) is 4.98 Å². The predicted molar refractivity (Wildman–Crippen MR) is 114 cm³/mol. The van der Waals surface area contributed by atoms with E-state index in [4.69, 9.17) is 23.2 Å². The second-order valence-electron chi connectivity index (χ2n) is 7.32. The first kappa shape index (κ1) is 19.1. The molecule has 2 aliphatic heterocycles. The minimum Gasteiger partial charge on any atom is -0.347 e. The molecule has 3 aromatic rings. The summed E-state index contributed by atoms with van der Waals surface area (Å²) in [5.74, 6) is 0.00501. The number of nitrogens with zero attached hydrogens (tertiary/aromatic N) is 4. The molecule has 1 saturated heterocycles. The minimum atomic E-state index is -0.286. The zero-order chi connectivity index (χ0) is 20.8. The number of amides is 2. The molecule has 2 atom stereocenters. The lowest BCUT2D eigenvalue weighted by Crippen LogP contribution is -2.30. The van der Waals surface area contributed by atoms with E-state index >= 15 is 0 Å². The molecule has 0 saturated carbocycles. The van der Waals surface area contributed by atoms with Crippen molar-refractivity contribution in [3.8, 4) is 0 Å². The van der Waals surface area contributed by atoms with Gasteiger partial charge in [-0.15, -0.1) is 5.10 Å². The summed E-state index contributed by atoms with van der Waals surface area (Å²) in [7, 11) is 0. The topological polar surface area (TPSA) is 80.1 Å².